The second-order valence-corrected chi connectivity index (χ2v) is 6.91. The molecule has 13 heteroatoms. The molecule has 0 bridgehead atoms. The molecule has 0 aliphatic carbocycles. The van der Waals surface area contributed by atoms with Crippen LogP contribution in [0, 0.1) is 5.82 Å². The number of pyridine rings is 1. The summed E-state index contributed by atoms with van der Waals surface area (Å²) in [6, 6.07) is 1.98. The summed E-state index contributed by atoms with van der Waals surface area (Å²) in [6.45, 7) is 0.682. The number of nitrogens with zero attached hydrogens (tertiary/aromatic N) is 1. The largest absolute Gasteiger partial charge is 0.573 e. The van der Waals surface area contributed by atoms with Crippen molar-refractivity contribution < 1.29 is 45.0 Å². The Kier molecular flexibility index (Phi) is 6.11. The van der Waals surface area contributed by atoms with Gasteiger partial charge in [-0.3, -0.25) is 4.98 Å². The molecule has 1 aliphatic heterocycles. The van der Waals surface area contributed by atoms with Gasteiger partial charge >= 0.3 is 18.6 Å². The highest BCUT2D eigenvalue weighted by atomic mass is 19.4. The molecular formula is C19H16F7N3O3. The Hall–Kier alpha value is -3.25. The van der Waals surface area contributed by atoms with Crippen LogP contribution in [0.2, 0.25) is 0 Å². The molecule has 0 spiro atoms. The minimum atomic E-state index is -5.14. The fourth-order valence-electron chi connectivity index (χ4n) is 3.22. The summed E-state index contributed by atoms with van der Waals surface area (Å²) in [5, 5.41) is 4.12. The van der Waals surface area contributed by atoms with Crippen LogP contribution in [-0.4, -0.2) is 36.2 Å². The summed E-state index contributed by atoms with van der Waals surface area (Å²) in [5.41, 5.74) is -1.71. The third-order valence-electron chi connectivity index (χ3n) is 4.73. The zero-order valence-corrected chi connectivity index (χ0v) is 16.3. The number of urea groups is 1. The zero-order chi connectivity index (χ0) is 23.7. The smallest absolute Gasteiger partial charge is 0.491 e. The summed E-state index contributed by atoms with van der Waals surface area (Å²) in [6.07, 6.45) is -8.64. The number of nitrogens with one attached hydrogen (secondary N) is 2. The number of alkyl halides is 6. The minimum absolute atomic E-state index is 0.0454. The van der Waals surface area contributed by atoms with Gasteiger partial charge in [-0.15, -0.1) is 13.2 Å². The Morgan fingerprint density at radius 3 is 2.56 bits per heavy atom. The van der Waals surface area contributed by atoms with Crippen LogP contribution in [0.4, 0.5) is 35.5 Å². The van der Waals surface area contributed by atoms with Gasteiger partial charge in [0.1, 0.15) is 23.0 Å². The lowest BCUT2D eigenvalue weighted by atomic mass is 9.81. The Bertz CT molecular complexity index is 997. The van der Waals surface area contributed by atoms with Gasteiger partial charge in [-0.25, -0.2) is 9.18 Å². The molecule has 174 valence electrons. The van der Waals surface area contributed by atoms with Crippen molar-refractivity contribution in [2.75, 3.05) is 6.61 Å². The van der Waals surface area contributed by atoms with E-state index in [1.807, 2.05) is 0 Å². The van der Waals surface area contributed by atoms with Crippen LogP contribution in [0.25, 0.3) is 0 Å². The average Bonchev–Trinajstić information content (AvgIpc) is 2.68. The summed E-state index contributed by atoms with van der Waals surface area (Å²) in [7, 11) is 0. The van der Waals surface area contributed by atoms with Crippen molar-refractivity contribution in [2.24, 2.45) is 0 Å². The lowest BCUT2D eigenvalue weighted by Crippen LogP contribution is -2.56. The third kappa shape index (κ3) is 4.97. The number of fused-ring (bicyclic) bond motifs is 1. The molecule has 6 nitrogen and oxygen atoms in total. The van der Waals surface area contributed by atoms with Gasteiger partial charge in [-0.1, -0.05) is 6.07 Å². The molecule has 1 aliphatic rings. The first kappa shape index (κ1) is 23.4. The normalized spacial score (nSPS) is 19.4. The monoisotopic (exact) mass is 467 g/mol. The molecule has 3 rings (SSSR count). The van der Waals surface area contributed by atoms with Crippen LogP contribution < -0.4 is 20.1 Å². The Morgan fingerprint density at radius 2 is 1.94 bits per heavy atom. The van der Waals surface area contributed by atoms with Crippen molar-refractivity contribution >= 4 is 6.03 Å². The van der Waals surface area contributed by atoms with Gasteiger partial charge in [0, 0.05) is 12.6 Å². The van der Waals surface area contributed by atoms with E-state index in [1.165, 1.54) is 18.3 Å². The van der Waals surface area contributed by atoms with Crippen LogP contribution in [0.3, 0.4) is 0 Å². The Morgan fingerprint density at radius 1 is 1.22 bits per heavy atom. The SMILES string of the molecule is CC(NC(=O)NC1(c2ccc(OC(F)(F)F)c(F)c2)CCOc2cccnc21)C(F)(F)F. The van der Waals surface area contributed by atoms with E-state index in [9.17, 15) is 35.5 Å². The number of ether oxygens (including phenoxy) is 2. The molecule has 2 unspecified atom stereocenters. The fraction of sp³-hybridized carbons (Fsp3) is 0.368. The second-order valence-electron chi connectivity index (χ2n) is 6.91. The van der Waals surface area contributed by atoms with Gasteiger partial charge in [-0.05, 0) is 36.8 Å². The highest BCUT2D eigenvalue weighted by Crippen LogP contribution is 2.41. The number of amides is 2. The zero-order valence-electron chi connectivity index (χ0n) is 16.3. The van der Waals surface area contributed by atoms with E-state index >= 15 is 0 Å². The second kappa shape index (κ2) is 8.36. The molecule has 0 radical (unpaired) electrons. The van der Waals surface area contributed by atoms with Crippen molar-refractivity contribution in [3.05, 3.63) is 53.6 Å². The van der Waals surface area contributed by atoms with Crippen molar-refractivity contribution in [3.8, 4) is 11.5 Å². The highest BCUT2D eigenvalue weighted by Gasteiger charge is 2.45. The van der Waals surface area contributed by atoms with Crippen LogP contribution in [0.5, 0.6) is 11.5 Å². The minimum Gasteiger partial charge on any atom is -0.491 e. The first-order chi connectivity index (χ1) is 14.8. The first-order valence-electron chi connectivity index (χ1n) is 9.11. The summed E-state index contributed by atoms with van der Waals surface area (Å²) in [4.78, 5) is 16.6. The molecule has 2 atom stereocenters. The molecule has 1 aromatic heterocycles. The number of hydrogen-bond donors (Lipinski definition) is 2. The molecule has 32 heavy (non-hydrogen) atoms. The van der Waals surface area contributed by atoms with E-state index in [0.29, 0.717) is 12.1 Å². The van der Waals surface area contributed by atoms with Gasteiger partial charge in [0.25, 0.3) is 0 Å². The van der Waals surface area contributed by atoms with Gasteiger partial charge in [0.2, 0.25) is 0 Å². The Labute approximate surface area is 176 Å². The van der Waals surface area contributed by atoms with E-state index in [1.54, 1.807) is 5.32 Å². The number of aromatic nitrogens is 1. The number of benzene rings is 1. The maximum absolute atomic E-state index is 14.4. The molecular weight excluding hydrogens is 451 g/mol. The predicted octanol–water partition coefficient (Wildman–Crippen LogP) is 4.40. The van der Waals surface area contributed by atoms with Gasteiger partial charge < -0.3 is 20.1 Å². The number of rotatable bonds is 4. The van der Waals surface area contributed by atoms with Gasteiger partial charge in [0.15, 0.2) is 11.6 Å². The molecule has 2 amide bonds. The lowest BCUT2D eigenvalue weighted by molar-refractivity contribution is -0.275. The predicted molar refractivity (Wildman–Crippen MR) is 95.4 cm³/mol. The van der Waals surface area contributed by atoms with Crippen LogP contribution in [0.15, 0.2) is 36.5 Å². The molecule has 2 N–H and O–H groups in total. The molecule has 2 heterocycles. The summed E-state index contributed by atoms with van der Waals surface area (Å²) < 4.78 is 99.4. The van der Waals surface area contributed by atoms with Crippen molar-refractivity contribution in [1.82, 2.24) is 15.6 Å². The van der Waals surface area contributed by atoms with E-state index in [0.717, 1.165) is 13.0 Å². The lowest BCUT2D eigenvalue weighted by Gasteiger charge is -2.39. The third-order valence-corrected chi connectivity index (χ3v) is 4.73. The van der Waals surface area contributed by atoms with Crippen LogP contribution >= 0.6 is 0 Å². The molecule has 0 saturated heterocycles. The van der Waals surface area contributed by atoms with E-state index in [2.05, 4.69) is 15.0 Å². The van der Waals surface area contributed by atoms with E-state index in [-0.39, 0.29) is 30.0 Å². The number of carbonyl (C=O) groups excluding carboxylic acids is 1. The average molecular weight is 467 g/mol. The van der Waals surface area contributed by atoms with Crippen LogP contribution in [0.1, 0.15) is 24.6 Å². The van der Waals surface area contributed by atoms with Gasteiger partial charge in [-0.2, -0.15) is 13.2 Å². The number of hydrogen-bond acceptors (Lipinski definition) is 4. The van der Waals surface area contributed by atoms with Gasteiger partial charge in [0.05, 0.1) is 6.61 Å². The highest BCUT2D eigenvalue weighted by molar-refractivity contribution is 5.76. The summed E-state index contributed by atoms with van der Waals surface area (Å²) in [5.74, 6) is -2.34. The summed E-state index contributed by atoms with van der Waals surface area (Å²) >= 11 is 0. The van der Waals surface area contributed by atoms with E-state index < -0.39 is 41.7 Å². The standard InChI is InChI=1S/C19H16F7N3O3/c1-10(18(21,22)23)28-16(30)29-17(6-8-31-14-3-2-7-27-15(14)17)11-4-5-13(12(20)9-11)32-19(24,25)26/h2-5,7,9-10H,6,8H2,1H3,(H2,28,29,30). The molecule has 2 aromatic rings. The quantitative estimate of drug-likeness (QED) is 0.655. The van der Waals surface area contributed by atoms with Crippen molar-refractivity contribution in [3.63, 3.8) is 0 Å². The maximum Gasteiger partial charge on any atom is 0.573 e. The van der Waals surface area contributed by atoms with E-state index in [4.69, 9.17) is 4.74 Å². The van der Waals surface area contributed by atoms with Crippen molar-refractivity contribution in [1.29, 1.82) is 0 Å². The molecule has 0 saturated carbocycles. The molecule has 1 aromatic carbocycles. The number of halogens is 7. The topological polar surface area (TPSA) is 72.5 Å². The van der Waals surface area contributed by atoms with Crippen LogP contribution in [-0.2, 0) is 5.54 Å². The molecule has 0 fully saturated rings. The first-order valence-corrected chi connectivity index (χ1v) is 9.11. The number of carbonyl (C=O) groups is 1. The fourth-order valence-corrected chi connectivity index (χ4v) is 3.22. The Balaban J connectivity index is 2.04. The van der Waals surface area contributed by atoms with Crippen molar-refractivity contribution in [2.45, 2.75) is 37.5 Å². The maximum atomic E-state index is 14.4.